The molecule has 0 aromatic heterocycles. The van der Waals surface area contributed by atoms with Crippen molar-refractivity contribution >= 4 is 17.6 Å². The Labute approximate surface area is 87.7 Å². The van der Waals surface area contributed by atoms with E-state index in [4.69, 9.17) is 5.11 Å². The minimum atomic E-state index is -1.94. The zero-order chi connectivity index (χ0) is 12.5. The van der Waals surface area contributed by atoms with Gasteiger partial charge in [0.2, 0.25) is 5.91 Å². The molecule has 1 aromatic carbocycles. The van der Waals surface area contributed by atoms with E-state index in [2.05, 4.69) is 0 Å². The second kappa shape index (κ2) is 4.21. The van der Waals surface area contributed by atoms with Crippen LogP contribution >= 0.6 is 0 Å². The zero-order valence-corrected chi connectivity index (χ0v) is 7.97. The minimum absolute atomic E-state index is 0.511. The molecule has 86 valence electrons. The van der Waals surface area contributed by atoms with Crippen molar-refractivity contribution in [3.05, 3.63) is 29.1 Å². The number of halogens is 3. The molecule has 0 saturated carbocycles. The maximum absolute atomic E-state index is 13.0. The number of carbonyl (C=O) groups excluding carboxylic acids is 1. The summed E-state index contributed by atoms with van der Waals surface area (Å²) in [6.45, 7) is 1.02. The summed E-state index contributed by atoms with van der Waals surface area (Å²) in [4.78, 5) is 21.1. The first kappa shape index (κ1) is 12.0. The summed E-state index contributed by atoms with van der Waals surface area (Å²) in [7, 11) is 0. The third-order valence-corrected chi connectivity index (χ3v) is 1.69. The topological polar surface area (TPSA) is 66.4 Å². The van der Waals surface area contributed by atoms with E-state index in [1.54, 1.807) is 0 Å². The van der Waals surface area contributed by atoms with Gasteiger partial charge in [-0.3, -0.25) is 4.79 Å². The first-order valence-corrected chi connectivity index (χ1v) is 4.03. The Bertz CT molecular complexity index is 474. The number of benzene rings is 1. The highest BCUT2D eigenvalue weighted by Gasteiger charge is 2.22. The lowest BCUT2D eigenvalue weighted by atomic mass is 10.1. The van der Waals surface area contributed by atoms with Crippen LogP contribution < -0.4 is 5.32 Å². The van der Waals surface area contributed by atoms with Gasteiger partial charge in [0.15, 0.2) is 17.5 Å². The number of carbonyl (C=O) groups is 2. The van der Waals surface area contributed by atoms with E-state index in [-0.39, 0.29) is 0 Å². The van der Waals surface area contributed by atoms with Crippen LogP contribution in [0.5, 0.6) is 0 Å². The molecule has 0 saturated heterocycles. The van der Waals surface area contributed by atoms with Gasteiger partial charge in [0.05, 0.1) is 5.69 Å². The van der Waals surface area contributed by atoms with Gasteiger partial charge in [-0.25, -0.2) is 18.0 Å². The first-order valence-electron chi connectivity index (χ1n) is 4.03. The second-order valence-corrected chi connectivity index (χ2v) is 2.90. The van der Waals surface area contributed by atoms with Crippen LogP contribution in [-0.2, 0) is 4.79 Å². The normalized spacial score (nSPS) is 10.0. The molecule has 2 N–H and O–H groups in total. The van der Waals surface area contributed by atoms with Crippen molar-refractivity contribution < 1.29 is 27.9 Å². The van der Waals surface area contributed by atoms with Crippen LogP contribution in [0, 0.1) is 17.5 Å². The maximum atomic E-state index is 13.0. The number of hydrogen-bond donors (Lipinski definition) is 2. The molecular formula is C9H6F3NO3. The van der Waals surface area contributed by atoms with Crippen molar-refractivity contribution in [3.63, 3.8) is 0 Å². The molecule has 16 heavy (non-hydrogen) atoms. The highest BCUT2D eigenvalue weighted by atomic mass is 19.2. The molecule has 0 bridgehead atoms. The largest absolute Gasteiger partial charge is 0.478 e. The number of carboxylic acids is 1. The fraction of sp³-hybridized carbons (Fsp3) is 0.111. The van der Waals surface area contributed by atoms with Gasteiger partial charge in [-0.2, -0.15) is 0 Å². The minimum Gasteiger partial charge on any atom is -0.478 e. The molecule has 0 fully saturated rings. The third-order valence-electron chi connectivity index (χ3n) is 1.69. The number of aromatic carboxylic acids is 1. The molecule has 0 aliphatic rings. The lowest BCUT2D eigenvalue weighted by Gasteiger charge is -2.07. The fourth-order valence-electron chi connectivity index (χ4n) is 1.04. The molecular weight excluding hydrogens is 227 g/mol. The van der Waals surface area contributed by atoms with Gasteiger partial charge < -0.3 is 10.4 Å². The second-order valence-electron chi connectivity index (χ2n) is 2.90. The van der Waals surface area contributed by atoms with E-state index in [9.17, 15) is 22.8 Å². The molecule has 4 nitrogen and oxygen atoms in total. The SMILES string of the molecule is CC(=O)Nc1cc(C(=O)O)c(F)c(F)c1F. The van der Waals surface area contributed by atoms with Gasteiger partial charge in [0.1, 0.15) is 5.56 Å². The number of hydrogen-bond acceptors (Lipinski definition) is 2. The summed E-state index contributed by atoms with van der Waals surface area (Å²) in [5.41, 5.74) is -1.77. The van der Waals surface area contributed by atoms with Gasteiger partial charge in [0, 0.05) is 6.92 Å². The summed E-state index contributed by atoms with van der Waals surface area (Å²) in [5.74, 6) is -7.88. The summed E-state index contributed by atoms with van der Waals surface area (Å²) >= 11 is 0. The summed E-state index contributed by atoms with van der Waals surface area (Å²) in [6.07, 6.45) is 0. The predicted molar refractivity (Wildman–Crippen MR) is 47.6 cm³/mol. The van der Waals surface area contributed by atoms with Gasteiger partial charge in [-0.15, -0.1) is 0 Å². The summed E-state index contributed by atoms with van der Waals surface area (Å²) < 4.78 is 38.9. The van der Waals surface area contributed by atoms with Gasteiger partial charge in [-0.1, -0.05) is 0 Å². The molecule has 7 heteroatoms. The lowest BCUT2D eigenvalue weighted by Crippen LogP contribution is -2.12. The van der Waals surface area contributed by atoms with Crippen LogP contribution in [0.1, 0.15) is 17.3 Å². The Kier molecular flexibility index (Phi) is 3.17. The van der Waals surface area contributed by atoms with E-state index in [1.165, 1.54) is 0 Å². The van der Waals surface area contributed by atoms with Crippen LogP contribution in [0.4, 0.5) is 18.9 Å². The van der Waals surface area contributed by atoms with Crippen LogP contribution in [0.15, 0.2) is 6.07 Å². The number of amides is 1. The number of nitrogens with one attached hydrogen (secondary N) is 1. The van der Waals surface area contributed by atoms with E-state index >= 15 is 0 Å². The molecule has 0 spiro atoms. The van der Waals surface area contributed by atoms with Gasteiger partial charge >= 0.3 is 5.97 Å². The Morgan fingerprint density at radius 2 is 1.75 bits per heavy atom. The van der Waals surface area contributed by atoms with Crippen LogP contribution in [-0.4, -0.2) is 17.0 Å². The number of carboxylic acid groups (broad SMARTS) is 1. The summed E-state index contributed by atoms with van der Waals surface area (Å²) in [6, 6.07) is 0.511. The highest BCUT2D eigenvalue weighted by Crippen LogP contribution is 2.23. The maximum Gasteiger partial charge on any atom is 0.338 e. The van der Waals surface area contributed by atoms with E-state index in [1.807, 2.05) is 5.32 Å². The molecule has 0 aliphatic carbocycles. The molecule has 0 radical (unpaired) electrons. The van der Waals surface area contributed by atoms with Crippen molar-refractivity contribution in [2.24, 2.45) is 0 Å². The standard InChI is InChI=1S/C9H6F3NO3/c1-3(14)13-5-2-4(9(15)16)6(10)8(12)7(5)11/h2H,1H3,(H,13,14)(H,15,16). The number of rotatable bonds is 2. The zero-order valence-electron chi connectivity index (χ0n) is 7.97. The summed E-state index contributed by atoms with van der Waals surface area (Å²) in [5, 5.41) is 10.4. The average molecular weight is 233 g/mol. The molecule has 0 atom stereocenters. The van der Waals surface area contributed by atoms with Crippen molar-refractivity contribution in [1.29, 1.82) is 0 Å². The van der Waals surface area contributed by atoms with Crippen LogP contribution in [0.2, 0.25) is 0 Å². The van der Waals surface area contributed by atoms with E-state index < -0.39 is 40.6 Å². The Morgan fingerprint density at radius 1 is 1.19 bits per heavy atom. The number of anilines is 1. The average Bonchev–Trinajstić information content (AvgIpc) is 2.18. The molecule has 1 amide bonds. The first-order chi connectivity index (χ1) is 7.34. The van der Waals surface area contributed by atoms with Gasteiger partial charge in [0.25, 0.3) is 0 Å². The predicted octanol–water partition coefficient (Wildman–Crippen LogP) is 1.76. The lowest BCUT2D eigenvalue weighted by molar-refractivity contribution is -0.114. The van der Waals surface area contributed by atoms with Crippen molar-refractivity contribution in [2.45, 2.75) is 6.92 Å². The quantitative estimate of drug-likeness (QED) is 0.765. The van der Waals surface area contributed by atoms with E-state index in [0.29, 0.717) is 6.07 Å². The molecule has 1 rings (SSSR count). The van der Waals surface area contributed by atoms with Crippen molar-refractivity contribution in [3.8, 4) is 0 Å². The molecule has 0 heterocycles. The fourth-order valence-corrected chi connectivity index (χ4v) is 1.04. The highest BCUT2D eigenvalue weighted by molar-refractivity contribution is 5.93. The molecule has 1 aromatic rings. The Hall–Kier alpha value is -2.05. The monoisotopic (exact) mass is 233 g/mol. The molecule has 0 aliphatic heterocycles. The van der Waals surface area contributed by atoms with Crippen molar-refractivity contribution in [1.82, 2.24) is 0 Å². The Morgan fingerprint density at radius 3 is 2.19 bits per heavy atom. The Balaban J connectivity index is 3.40. The van der Waals surface area contributed by atoms with Crippen molar-refractivity contribution in [2.75, 3.05) is 5.32 Å². The van der Waals surface area contributed by atoms with Crippen LogP contribution in [0.25, 0.3) is 0 Å². The van der Waals surface area contributed by atoms with Gasteiger partial charge in [-0.05, 0) is 6.07 Å². The smallest absolute Gasteiger partial charge is 0.338 e. The molecule has 0 unspecified atom stereocenters. The third kappa shape index (κ3) is 2.13. The van der Waals surface area contributed by atoms with E-state index in [0.717, 1.165) is 6.92 Å². The van der Waals surface area contributed by atoms with Crippen LogP contribution in [0.3, 0.4) is 0 Å².